The van der Waals surface area contributed by atoms with Crippen molar-refractivity contribution in [2.75, 3.05) is 0 Å². The van der Waals surface area contributed by atoms with Crippen LogP contribution in [0.2, 0.25) is 0 Å². The Kier molecular flexibility index (Phi) is 4.30. The lowest BCUT2D eigenvalue weighted by atomic mass is 10.1. The van der Waals surface area contributed by atoms with Crippen molar-refractivity contribution in [2.45, 2.75) is 13.5 Å². The Hall–Kier alpha value is -3.48. The zero-order chi connectivity index (χ0) is 18.0. The first-order valence-electron chi connectivity index (χ1n) is 7.59. The molecular weight excluding hydrogens is 322 g/mol. The molecule has 126 valence electrons. The van der Waals surface area contributed by atoms with E-state index in [-0.39, 0.29) is 23.5 Å². The highest BCUT2D eigenvalue weighted by Gasteiger charge is 2.34. The molecular formula is C18H15N3O4. The molecule has 3 rings (SSSR count). The number of para-hydroxylation sites is 1. The van der Waals surface area contributed by atoms with Crippen molar-refractivity contribution in [1.29, 1.82) is 0 Å². The summed E-state index contributed by atoms with van der Waals surface area (Å²) in [7, 11) is 0. The molecule has 0 aliphatic carbocycles. The third kappa shape index (κ3) is 3.40. The van der Waals surface area contributed by atoms with Crippen LogP contribution in [-0.2, 0) is 11.3 Å². The Balaban J connectivity index is 1.88. The van der Waals surface area contributed by atoms with Crippen LogP contribution in [0.1, 0.15) is 16.7 Å². The molecule has 1 aliphatic rings. The highest BCUT2D eigenvalue weighted by atomic mass is 16.6. The number of carbonyl (C=O) groups is 2. The van der Waals surface area contributed by atoms with E-state index in [1.54, 1.807) is 12.1 Å². The van der Waals surface area contributed by atoms with Gasteiger partial charge in [0.2, 0.25) is 0 Å². The lowest BCUT2D eigenvalue weighted by Crippen LogP contribution is -2.30. The summed E-state index contributed by atoms with van der Waals surface area (Å²) in [5, 5.41) is 13.6. The summed E-state index contributed by atoms with van der Waals surface area (Å²) in [5.74, 6) is -0.510. The van der Waals surface area contributed by atoms with Gasteiger partial charge >= 0.3 is 6.03 Å². The third-order valence-electron chi connectivity index (χ3n) is 3.82. The Morgan fingerprint density at radius 2 is 1.92 bits per heavy atom. The highest BCUT2D eigenvalue weighted by molar-refractivity contribution is 6.14. The minimum absolute atomic E-state index is 0.0203. The maximum atomic E-state index is 12.5. The van der Waals surface area contributed by atoms with Crippen molar-refractivity contribution in [3.8, 4) is 0 Å². The fourth-order valence-electron chi connectivity index (χ4n) is 2.64. The van der Waals surface area contributed by atoms with E-state index in [4.69, 9.17) is 0 Å². The number of urea groups is 1. The van der Waals surface area contributed by atoms with Gasteiger partial charge in [-0.15, -0.1) is 0 Å². The summed E-state index contributed by atoms with van der Waals surface area (Å²) >= 11 is 0. The first-order valence-corrected chi connectivity index (χ1v) is 7.59. The standard InChI is InChI=1S/C18H15N3O4/c1-12-5-4-6-13(9-12)11-20-17(22)15(19-18(20)23)10-14-7-2-3-8-16(14)21(24)25/h2-10H,11H2,1H3,(H,19,23)/b15-10+. The number of hydrogen-bond donors (Lipinski definition) is 1. The number of carbonyl (C=O) groups excluding carboxylic acids is 2. The highest BCUT2D eigenvalue weighted by Crippen LogP contribution is 2.23. The molecule has 1 fully saturated rings. The van der Waals surface area contributed by atoms with Gasteiger partial charge in [0.15, 0.2) is 0 Å². The van der Waals surface area contributed by atoms with Gasteiger partial charge in [0, 0.05) is 6.07 Å². The summed E-state index contributed by atoms with van der Waals surface area (Å²) in [6.07, 6.45) is 1.33. The molecule has 7 nitrogen and oxygen atoms in total. The molecule has 0 aromatic heterocycles. The number of benzene rings is 2. The normalized spacial score (nSPS) is 15.6. The van der Waals surface area contributed by atoms with Crippen molar-refractivity contribution < 1.29 is 14.5 Å². The number of amides is 3. The molecule has 1 heterocycles. The van der Waals surface area contributed by atoms with Gasteiger partial charge in [0.1, 0.15) is 5.70 Å². The smallest absolute Gasteiger partial charge is 0.303 e. The minimum Gasteiger partial charge on any atom is -0.303 e. The number of aryl methyl sites for hydroxylation is 1. The van der Waals surface area contributed by atoms with E-state index in [0.29, 0.717) is 0 Å². The van der Waals surface area contributed by atoms with E-state index in [9.17, 15) is 19.7 Å². The van der Waals surface area contributed by atoms with Crippen LogP contribution < -0.4 is 5.32 Å². The molecule has 0 saturated carbocycles. The molecule has 25 heavy (non-hydrogen) atoms. The second kappa shape index (κ2) is 6.56. The number of hydrogen-bond acceptors (Lipinski definition) is 4. The van der Waals surface area contributed by atoms with E-state index >= 15 is 0 Å². The Morgan fingerprint density at radius 3 is 2.64 bits per heavy atom. The van der Waals surface area contributed by atoms with E-state index in [1.165, 1.54) is 18.2 Å². The number of nitrogens with zero attached hydrogens (tertiary/aromatic N) is 2. The predicted octanol–water partition coefficient (Wildman–Crippen LogP) is 3.00. The lowest BCUT2D eigenvalue weighted by Gasteiger charge is -2.12. The molecule has 1 aliphatic heterocycles. The average Bonchev–Trinajstić information content (AvgIpc) is 2.83. The molecule has 0 atom stereocenters. The largest absolute Gasteiger partial charge is 0.329 e. The van der Waals surface area contributed by atoms with Gasteiger partial charge in [0.25, 0.3) is 11.6 Å². The number of imide groups is 1. The second-order valence-electron chi connectivity index (χ2n) is 5.68. The molecule has 0 bridgehead atoms. The van der Waals surface area contributed by atoms with Gasteiger partial charge in [-0.3, -0.25) is 19.8 Å². The van der Waals surface area contributed by atoms with Crippen LogP contribution in [0.25, 0.3) is 6.08 Å². The van der Waals surface area contributed by atoms with E-state index in [0.717, 1.165) is 16.0 Å². The maximum absolute atomic E-state index is 12.5. The van der Waals surface area contributed by atoms with Gasteiger partial charge in [-0.2, -0.15) is 0 Å². The summed E-state index contributed by atoms with van der Waals surface area (Å²) in [5.41, 5.74) is 2.00. The number of nitro groups is 1. The predicted molar refractivity (Wildman–Crippen MR) is 91.3 cm³/mol. The fraction of sp³-hybridized carbons (Fsp3) is 0.111. The number of nitro benzene ring substituents is 1. The molecule has 2 aromatic carbocycles. The summed E-state index contributed by atoms with van der Waals surface area (Å²) in [6, 6.07) is 13.0. The molecule has 1 saturated heterocycles. The zero-order valence-corrected chi connectivity index (χ0v) is 13.4. The van der Waals surface area contributed by atoms with Crippen molar-refractivity contribution in [3.63, 3.8) is 0 Å². The topological polar surface area (TPSA) is 92.6 Å². The first-order chi connectivity index (χ1) is 12.0. The van der Waals surface area contributed by atoms with Crippen molar-refractivity contribution in [3.05, 3.63) is 81.0 Å². The minimum atomic E-state index is -0.545. The lowest BCUT2D eigenvalue weighted by molar-refractivity contribution is -0.385. The second-order valence-corrected chi connectivity index (χ2v) is 5.68. The van der Waals surface area contributed by atoms with Crippen LogP contribution in [0, 0.1) is 17.0 Å². The number of nitrogens with one attached hydrogen (secondary N) is 1. The van der Waals surface area contributed by atoms with Crippen LogP contribution in [0.15, 0.2) is 54.2 Å². The molecule has 7 heteroatoms. The van der Waals surface area contributed by atoms with Crippen molar-refractivity contribution in [1.82, 2.24) is 10.2 Å². The van der Waals surface area contributed by atoms with E-state index in [2.05, 4.69) is 5.32 Å². The van der Waals surface area contributed by atoms with Gasteiger partial charge in [-0.25, -0.2) is 4.79 Å². The molecule has 2 aromatic rings. The van der Waals surface area contributed by atoms with Gasteiger partial charge in [-0.1, -0.05) is 42.0 Å². The van der Waals surface area contributed by atoms with Crippen LogP contribution in [-0.4, -0.2) is 21.8 Å². The third-order valence-corrected chi connectivity index (χ3v) is 3.82. The Morgan fingerprint density at radius 1 is 1.16 bits per heavy atom. The Labute approximate surface area is 143 Å². The fourth-order valence-corrected chi connectivity index (χ4v) is 2.64. The van der Waals surface area contributed by atoms with Crippen molar-refractivity contribution >= 4 is 23.7 Å². The molecule has 0 unspecified atom stereocenters. The van der Waals surface area contributed by atoms with Gasteiger partial charge < -0.3 is 5.32 Å². The van der Waals surface area contributed by atoms with E-state index in [1.807, 2.05) is 31.2 Å². The maximum Gasteiger partial charge on any atom is 0.329 e. The summed E-state index contributed by atoms with van der Waals surface area (Å²) in [6.45, 7) is 2.07. The summed E-state index contributed by atoms with van der Waals surface area (Å²) in [4.78, 5) is 36.2. The van der Waals surface area contributed by atoms with Crippen molar-refractivity contribution in [2.24, 2.45) is 0 Å². The summed E-state index contributed by atoms with van der Waals surface area (Å²) < 4.78 is 0. The quantitative estimate of drug-likeness (QED) is 0.402. The molecule has 1 N–H and O–H groups in total. The first kappa shape index (κ1) is 16.4. The average molecular weight is 337 g/mol. The number of rotatable bonds is 4. The van der Waals surface area contributed by atoms with Crippen LogP contribution in [0.3, 0.4) is 0 Å². The van der Waals surface area contributed by atoms with E-state index < -0.39 is 16.9 Å². The monoisotopic (exact) mass is 337 g/mol. The van der Waals surface area contributed by atoms with Crippen LogP contribution in [0.5, 0.6) is 0 Å². The van der Waals surface area contributed by atoms with Gasteiger partial charge in [-0.05, 0) is 24.6 Å². The molecule has 0 radical (unpaired) electrons. The molecule has 0 spiro atoms. The Bertz CT molecular complexity index is 905. The van der Waals surface area contributed by atoms with Crippen LogP contribution in [0.4, 0.5) is 10.5 Å². The van der Waals surface area contributed by atoms with Crippen LogP contribution >= 0.6 is 0 Å². The molecule has 3 amide bonds. The zero-order valence-electron chi connectivity index (χ0n) is 13.4. The van der Waals surface area contributed by atoms with Gasteiger partial charge in [0.05, 0.1) is 17.0 Å². The SMILES string of the molecule is Cc1cccc(CN2C(=O)N/C(=C/c3ccccc3[N+](=O)[O-])C2=O)c1.